The van der Waals surface area contributed by atoms with Gasteiger partial charge in [-0.3, -0.25) is 4.79 Å². The minimum atomic E-state index is -0.396. The topological polar surface area (TPSA) is 58.6 Å². The fourth-order valence-corrected chi connectivity index (χ4v) is 2.55. The summed E-state index contributed by atoms with van der Waals surface area (Å²) in [5.74, 6) is 1.19. The number of amides is 1. The van der Waals surface area contributed by atoms with Crippen LogP contribution in [0, 0.1) is 5.92 Å². The Morgan fingerprint density at radius 1 is 1.39 bits per heavy atom. The second kappa shape index (κ2) is 4.61. The van der Waals surface area contributed by atoms with Crippen molar-refractivity contribution >= 4 is 5.91 Å². The van der Waals surface area contributed by atoms with Crippen molar-refractivity contribution in [2.45, 2.75) is 31.5 Å². The van der Waals surface area contributed by atoms with Crippen molar-refractivity contribution in [3.8, 4) is 5.75 Å². The van der Waals surface area contributed by atoms with Gasteiger partial charge in [-0.25, -0.2) is 0 Å². The van der Waals surface area contributed by atoms with E-state index in [1.165, 1.54) is 0 Å². The first-order chi connectivity index (χ1) is 8.72. The summed E-state index contributed by atoms with van der Waals surface area (Å²) in [4.78, 5) is 11.9. The average molecular weight is 247 g/mol. The van der Waals surface area contributed by atoms with Gasteiger partial charge >= 0.3 is 0 Å². The van der Waals surface area contributed by atoms with Crippen molar-refractivity contribution < 1.29 is 14.6 Å². The van der Waals surface area contributed by atoms with Crippen molar-refractivity contribution in [1.29, 1.82) is 0 Å². The van der Waals surface area contributed by atoms with Crippen molar-refractivity contribution in [1.82, 2.24) is 5.32 Å². The molecule has 1 atom stereocenters. The normalized spacial score (nSPS) is 29.1. The number of para-hydroxylation sites is 1. The zero-order valence-corrected chi connectivity index (χ0v) is 10.1. The number of carbonyl (C=O) groups is 1. The Balaban J connectivity index is 1.50. The van der Waals surface area contributed by atoms with Crippen LogP contribution in [-0.2, 0) is 11.2 Å². The van der Waals surface area contributed by atoms with E-state index in [4.69, 9.17) is 4.74 Å². The van der Waals surface area contributed by atoms with Crippen LogP contribution in [0.3, 0.4) is 0 Å². The predicted octanol–water partition coefficient (Wildman–Crippen LogP) is 0.877. The van der Waals surface area contributed by atoms with E-state index in [0.29, 0.717) is 18.9 Å². The highest BCUT2D eigenvalue weighted by Crippen LogP contribution is 2.29. The summed E-state index contributed by atoms with van der Waals surface area (Å²) in [6.07, 6.45) is 1.68. The van der Waals surface area contributed by atoms with E-state index in [0.717, 1.165) is 24.2 Å². The summed E-state index contributed by atoms with van der Waals surface area (Å²) in [5, 5.41) is 12.1. The van der Waals surface area contributed by atoms with E-state index < -0.39 is 6.10 Å². The maximum absolute atomic E-state index is 11.9. The molecule has 3 rings (SSSR count). The fourth-order valence-electron chi connectivity index (χ4n) is 2.55. The molecule has 1 aliphatic carbocycles. The second-order valence-corrected chi connectivity index (χ2v) is 5.15. The number of hydrogen-bond acceptors (Lipinski definition) is 3. The second-order valence-electron chi connectivity index (χ2n) is 5.15. The van der Waals surface area contributed by atoms with Crippen LogP contribution in [0.15, 0.2) is 24.3 Å². The standard InChI is InChI=1S/C14H17NO3/c16-11-5-9(6-11)8-15-14(17)13-7-10-3-1-2-4-12(10)18-13/h1-4,9,11,13,16H,5-8H2,(H,15,17). The maximum Gasteiger partial charge on any atom is 0.261 e. The van der Waals surface area contributed by atoms with Gasteiger partial charge in [-0.2, -0.15) is 0 Å². The lowest BCUT2D eigenvalue weighted by Crippen LogP contribution is -2.43. The molecule has 4 nitrogen and oxygen atoms in total. The number of benzene rings is 1. The predicted molar refractivity (Wildman–Crippen MR) is 66.3 cm³/mol. The van der Waals surface area contributed by atoms with Crippen molar-refractivity contribution in [3.63, 3.8) is 0 Å². The molecule has 1 saturated carbocycles. The number of aliphatic hydroxyl groups excluding tert-OH is 1. The monoisotopic (exact) mass is 247 g/mol. The van der Waals surface area contributed by atoms with Gasteiger partial charge in [0.05, 0.1) is 6.10 Å². The summed E-state index contributed by atoms with van der Waals surface area (Å²) < 4.78 is 5.61. The van der Waals surface area contributed by atoms with Crippen LogP contribution >= 0.6 is 0 Å². The molecule has 1 aliphatic heterocycles. The number of carbonyl (C=O) groups excluding carboxylic acids is 1. The third-order valence-corrected chi connectivity index (χ3v) is 3.72. The average Bonchev–Trinajstić information content (AvgIpc) is 2.76. The van der Waals surface area contributed by atoms with Crippen molar-refractivity contribution in [2.24, 2.45) is 5.92 Å². The molecule has 0 aromatic heterocycles. The summed E-state index contributed by atoms with van der Waals surface area (Å²) in [6, 6.07) is 7.75. The lowest BCUT2D eigenvalue weighted by molar-refractivity contribution is -0.127. The molecule has 1 aromatic carbocycles. The number of fused-ring (bicyclic) bond motifs is 1. The fraction of sp³-hybridized carbons (Fsp3) is 0.500. The zero-order chi connectivity index (χ0) is 12.5. The third kappa shape index (κ3) is 2.20. The number of hydrogen-bond donors (Lipinski definition) is 2. The van der Waals surface area contributed by atoms with Crippen molar-refractivity contribution in [2.75, 3.05) is 6.54 Å². The van der Waals surface area contributed by atoms with Gasteiger partial charge in [0.1, 0.15) is 5.75 Å². The summed E-state index contributed by atoms with van der Waals surface area (Å²) in [5.41, 5.74) is 1.09. The van der Waals surface area contributed by atoms with Gasteiger partial charge in [0, 0.05) is 13.0 Å². The molecule has 2 aliphatic rings. The molecule has 2 N–H and O–H groups in total. The van der Waals surface area contributed by atoms with Crippen LogP contribution in [0.5, 0.6) is 5.75 Å². The molecule has 0 radical (unpaired) electrons. The van der Waals surface area contributed by atoms with Gasteiger partial charge in [0.15, 0.2) is 6.10 Å². The van der Waals surface area contributed by atoms with E-state index >= 15 is 0 Å². The first kappa shape index (κ1) is 11.5. The zero-order valence-electron chi connectivity index (χ0n) is 10.1. The molecule has 0 bridgehead atoms. The molecule has 1 unspecified atom stereocenters. The first-order valence-electron chi connectivity index (χ1n) is 6.42. The van der Waals surface area contributed by atoms with E-state index in [-0.39, 0.29) is 12.0 Å². The lowest BCUT2D eigenvalue weighted by atomic mass is 9.82. The Hall–Kier alpha value is -1.55. The Kier molecular flexibility index (Phi) is 2.96. The minimum absolute atomic E-state index is 0.0485. The van der Waals surface area contributed by atoms with Crippen LogP contribution in [-0.4, -0.2) is 29.8 Å². The summed E-state index contributed by atoms with van der Waals surface area (Å²) in [7, 11) is 0. The minimum Gasteiger partial charge on any atom is -0.480 e. The lowest BCUT2D eigenvalue weighted by Gasteiger charge is -2.31. The molecule has 0 saturated heterocycles. The van der Waals surface area contributed by atoms with Gasteiger partial charge in [-0.05, 0) is 30.4 Å². The molecular weight excluding hydrogens is 230 g/mol. The van der Waals surface area contributed by atoms with E-state index in [1.54, 1.807) is 0 Å². The number of aliphatic hydroxyl groups is 1. The number of ether oxygens (including phenoxy) is 1. The van der Waals surface area contributed by atoms with E-state index in [1.807, 2.05) is 24.3 Å². The largest absolute Gasteiger partial charge is 0.480 e. The Morgan fingerprint density at radius 3 is 2.89 bits per heavy atom. The first-order valence-corrected chi connectivity index (χ1v) is 6.42. The van der Waals surface area contributed by atoms with Crippen LogP contribution in [0.25, 0.3) is 0 Å². The van der Waals surface area contributed by atoms with Gasteiger partial charge < -0.3 is 15.2 Å². The van der Waals surface area contributed by atoms with E-state index in [2.05, 4.69) is 5.32 Å². The molecular formula is C14H17NO3. The van der Waals surface area contributed by atoms with Crippen LogP contribution < -0.4 is 10.1 Å². The van der Waals surface area contributed by atoms with Crippen molar-refractivity contribution in [3.05, 3.63) is 29.8 Å². The molecule has 96 valence electrons. The van der Waals surface area contributed by atoms with Crippen LogP contribution in [0.4, 0.5) is 0 Å². The van der Waals surface area contributed by atoms with Crippen LogP contribution in [0.1, 0.15) is 18.4 Å². The third-order valence-electron chi connectivity index (χ3n) is 3.72. The van der Waals surface area contributed by atoms with Crippen LogP contribution in [0.2, 0.25) is 0 Å². The van der Waals surface area contributed by atoms with E-state index in [9.17, 15) is 9.90 Å². The summed E-state index contributed by atoms with van der Waals surface area (Å²) in [6.45, 7) is 0.645. The van der Waals surface area contributed by atoms with Gasteiger partial charge in [-0.1, -0.05) is 18.2 Å². The molecule has 18 heavy (non-hydrogen) atoms. The molecule has 1 amide bonds. The smallest absolute Gasteiger partial charge is 0.261 e. The highest BCUT2D eigenvalue weighted by molar-refractivity contribution is 5.82. The highest BCUT2D eigenvalue weighted by atomic mass is 16.5. The Labute approximate surface area is 106 Å². The van der Waals surface area contributed by atoms with Gasteiger partial charge in [0.25, 0.3) is 5.91 Å². The summed E-state index contributed by atoms with van der Waals surface area (Å²) >= 11 is 0. The molecule has 1 fully saturated rings. The SMILES string of the molecule is O=C(NCC1CC(O)C1)C1Cc2ccccc2O1. The Morgan fingerprint density at radius 2 is 2.17 bits per heavy atom. The quantitative estimate of drug-likeness (QED) is 0.833. The number of rotatable bonds is 3. The van der Waals surface area contributed by atoms with Gasteiger partial charge in [0.2, 0.25) is 0 Å². The molecule has 0 spiro atoms. The highest BCUT2D eigenvalue weighted by Gasteiger charge is 2.31. The molecule has 1 heterocycles. The van der Waals surface area contributed by atoms with Gasteiger partial charge in [-0.15, -0.1) is 0 Å². The molecule has 4 heteroatoms. The Bertz CT molecular complexity index is 429. The number of nitrogens with one attached hydrogen (secondary N) is 1. The maximum atomic E-state index is 11.9. The molecule has 1 aromatic rings.